The van der Waals surface area contributed by atoms with E-state index in [4.69, 9.17) is 20.1 Å². The molecule has 1 aliphatic rings. The van der Waals surface area contributed by atoms with Crippen LogP contribution in [0.15, 0.2) is 72.9 Å². The molecule has 1 aliphatic heterocycles. The van der Waals surface area contributed by atoms with Gasteiger partial charge in [-0.3, -0.25) is 4.79 Å². The lowest BCUT2D eigenvalue weighted by Gasteiger charge is -2.29. The summed E-state index contributed by atoms with van der Waals surface area (Å²) in [4.78, 5) is 38.3. The van der Waals surface area contributed by atoms with Crippen molar-refractivity contribution in [3.63, 3.8) is 0 Å². The summed E-state index contributed by atoms with van der Waals surface area (Å²) in [5.41, 5.74) is 4.90. The number of nitrogens with zero attached hydrogens (tertiary/aromatic N) is 4. The fourth-order valence-electron chi connectivity index (χ4n) is 4.75. The van der Waals surface area contributed by atoms with E-state index in [2.05, 4.69) is 20.9 Å². The van der Waals surface area contributed by atoms with Crippen LogP contribution in [0, 0.1) is 5.41 Å². The topological polar surface area (TPSA) is 136 Å². The number of hydrogen-bond acceptors (Lipinski definition) is 8. The van der Waals surface area contributed by atoms with Crippen LogP contribution in [0.3, 0.4) is 0 Å². The molecule has 0 unspecified atom stereocenters. The molecular weight excluding hydrogens is 544 g/mol. The molecule has 1 fully saturated rings. The third kappa shape index (κ3) is 6.79. The van der Waals surface area contributed by atoms with E-state index in [1.807, 2.05) is 30.3 Å². The first-order chi connectivity index (χ1) is 20.9. The third-order valence-electron chi connectivity index (χ3n) is 6.97. The van der Waals surface area contributed by atoms with Gasteiger partial charge in [-0.25, -0.2) is 14.8 Å². The summed E-state index contributed by atoms with van der Waals surface area (Å²) in [5, 5.41) is 17.4. The van der Waals surface area contributed by atoms with Crippen LogP contribution in [-0.2, 0) is 4.74 Å². The molecule has 1 saturated heterocycles. The van der Waals surface area contributed by atoms with Crippen molar-refractivity contribution in [3.05, 3.63) is 84.1 Å². The van der Waals surface area contributed by atoms with E-state index in [9.17, 15) is 9.59 Å². The Labute approximate surface area is 250 Å². The summed E-state index contributed by atoms with van der Waals surface area (Å²) >= 11 is 0. The fraction of sp³-hybridized carbons (Fsp3) is 0.219. The Morgan fingerprint density at radius 1 is 0.907 bits per heavy atom. The lowest BCUT2D eigenvalue weighted by molar-refractivity contribution is 0.0827. The number of morpholine rings is 1. The van der Waals surface area contributed by atoms with Crippen molar-refractivity contribution in [2.24, 2.45) is 0 Å². The molecule has 4 aromatic rings. The van der Waals surface area contributed by atoms with Crippen molar-refractivity contribution in [2.45, 2.75) is 0 Å². The van der Waals surface area contributed by atoms with Crippen LogP contribution in [0.1, 0.15) is 15.9 Å². The highest BCUT2D eigenvalue weighted by Gasteiger charge is 2.19. The van der Waals surface area contributed by atoms with Crippen LogP contribution < -0.4 is 20.9 Å². The average Bonchev–Trinajstić information content (AvgIpc) is 3.03. The fourth-order valence-corrected chi connectivity index (χ4v) is 4.75. The van der Waals surface area contributed by atoms with Gasteiger partial charge in [-0.1, -0.05) is 6.07 Å². The second kappa shape index (κ2) is 13.1. The number of amides is 3. The Morgan fingerprint density at radius 2 is 1.53 bits per heavy atom. The number of hydrogen-bond donors (Lipinski definition) is 4. The van der Waals surface area contributed by atoms with Gasteiger partial charge < -0.3 is 35.9 Å². The lowest BCUT2D eigenvalue weighted by atomic mass is 10.0. The Kier molecular flexibility index (Phi) is 8.92. The molecule has 0 bridgehead atoms. The van der Waals surface area contributed by atoms with Gasteiger partial charge in [0.2, 0.25) is 0 Å². The molecule has 2 heterocycles. The van der Waals surface area contributed by atoms with Gasteiger partial charge in [0, 0.05) is 80.1 Å². The number of ether oxygens (including phenoxy) is 1. The highest BCUT2D eigenvalue weighted by atomic mass is 16.5. The van der Waals surface area contributed by atoms with E-state index in [0.717, 1.165) is 46.5 Å². The molecule has 0 aliphatic carbocycles. The largest absolute Gasteiger partial charge is 0.393 e. The molecule has 11 nitrogen and oxygen atoms in total. The normalized spacial score (nSPS) is 13.4. The number of fused-ring (bicyclic) bond motifs is 1. The van der Waals surface area contributed by atoms with Gasteiger partial charge in [-0.15, -0.1) is 0 Å². The monoisotopic (exact) mass is 578 g/mol. The number of urea groups is 1. The number of rotatable bonds is 8. The first-order valence-electron chi connectivity index (χ1n) is 13.9. The minimum atomic E-state index is -0.403. The first kappa shape index (κ1) is 29.2. The second-order valence-corrected chi connectivity index (χ2v) is 10.2. The number of carbonyl (C=O) groups excluding carboxylic acids is 2. The highest BCUT2D eigenvalue weighted by molar-refractivity contribution is 6.09. The van der Waals surface area contributed by atoms with Gasteiger partial charge in [-0.05, 0) is 66.2 Å². The van der Waals surface area contributed by atoms with E-state index in [0.29, 0.717) is 36.0 Å². The summed E-state index contributed by atoms with van der Waals surface area (Å²) in [5.74, 6) is 1.29. The van der Waals surface area contributed by atoms with Crippen molar-refractivity contribution in [3.8, 4) is 11.4 Å². The maximum atomic E-state index is 12.6. The molecule has 0 atom stereocenters. The number of nitrogens with one attached hydrogen (secondary N) is 4. The van der Waals surface area contributed by atoms with Crippen LogP contribution >= 0.6 is 0 Å². The second-order valence-electron chi connectivity index (χ2n) is 10.2. The molecule has 0 radical (unpaired) electrons. The summed E-state index contributed by atoms with van der Waals surface area (Å²) < 4.78 is 5.57. The zero-order valence-corrected chi connectivity index (χ0v) is 24.3. The molecule has 5 rings (SSSR count). The molecule has 220 valence electrons. The SMILES string of the molecule is CN/C=C(\C=N)c1ccc2c(N3CCOCC3)nc(-c3ccc(NC(=O)Nc4ccc(C(=O)N(C)C)cc4)cc3)nc2c1. The van der Waals surface area contributed by atoms with E-state index < -0.39 is 6.03 Å². The van der Waals surface area contributed by atoms with Crippen LogP contribution in [0.2, 0.25) is 0 Å². The quantitative estimate of drug-likeness (QED) is 0.223. The van der Waals surface area contributed by atoms with Gasteiger partial charge in [0.1, 0.15) is 5.82 Å². The Bertz CT molecular complexity index is 1660. The summed E-state index contributed by atoms with van der Waals surface area (Å²) in [6.45, 7) is 2.71. The maximum absolute atomic E-state index is 12.6. The van der Waals surface area contributed by atoms with Gasteiger partial charge in [0.15, 0.2) is 5.82 Å². The van der Waals surface area contributed by atoms with Gasteiger partial charge >= 0.3 is 6.03 Å². The van der Waals surface area contributed by atoms with E-state index in [1.54, 1.807) is 63.7 Å². The van der Waals surface area contributed by atoms with Gasteiger partial charge in [-0.2, -0.15) is 0 Å². The molecule has 43 heavy (non-hydrogen) atoms. The predicted molar refractivity (Wildman–Crippen MR) is 171 cm³/mol. The minimum absolute atomic E-state index is 0.106. The Hall–Kier alpha value is -5.29. The van der Waals surface area contributed by atoms with Crippen LogP contribution in [-0.4, -0.2) is 80.5 Å². The molecule has 4 N–H and O–H groups in total. The van der Waals surface area contributed by atoms with Crippen molar-refractivity contribution in [1.29, 1.82) is 5.41 Å². The van der Waals surface area contributed by atoms with Crippen LogP contribution in [0.4, 0.5) is 22.0 Å². The van der Waals surface area contributed by atoms with E-state index in [-0.39, 0.29) is 5.91 Å². The lowest BCUT2D eigenvalue weighted by Crippen LogP contribution is -2.37. The van der Waals surface area contributed by atoms with E-state index in [1.165, 1.54) is 11.1 Å². The zero-order valence-electron chi connectivity index (χ0n) is 24.3. The molecule has 3 aromatic carbocycles. The Morgan fingerprint density at radius 3 is 2.14 bits per heavy atom. The van der Waals surface area contributed by atoms with Crippen LogP contribution in [0.25, 0.3) is 27.9 Å². The maximum Gasteiger partial charge on any atom is 0.323 e. The van der Waals surface area contributed by atoms with Crippen LogP contribution in [0.5, 0.6) is 0 Å². The smallest absolute Gasteiger partial charge is 0.323 e. The van der Waals surface area contributed by atoms with Crippen molar-refractivity contribution in [2.75, 3.05) is 63.0 Å². The summed E-state index contributed by atoms with van der Waals surface area (Å²) in [6.07, 6.45) is 3.09. The molecule has 0 saturated carbocycles. The number of benzene rings is 3. The number of carbonyl (C=O) groups is 2. The average molecular weight is 579 g/mol. The van der Waals surface area contributed by atoms with Crippen molar-refractivity contribution < 1.29 is 14.3 Å². The number of aromatic nitrogens is 2. The minimum Gasteiger partial charge on any atom is -0.393 e. The highest BCUT2D eigenvalue weighted by Crippen LogP contribution is 2.30. The summed E-state index contributed by atoms with van der Waals surface area (Å²) in [7, 11) is 5.18. The number of anilines is 3. The van der Waals surface area contributed by atoms with Crippen molar-refractivity contribution in [1.82, 2.24) is 20.2 Å². The number of allylic oxidation sites excluding steroid dienone is 1. The first-order valence-corrected chi connectivity index (χ1v) is 13.9. The van der Waals surface area contributed by atoms with Gasteiger partial charge in [0.25, 0.3) is 5.91 Å². The molecule has 1 aromatic heterocycles. The summed E-state index contributed by atoms with van der Waals surface area (Å²) in [6, 6.07) is 19.6. The Balaban J connectivity index is 1.38. The molecule has 3 amide bonds. The molecular formula is C32H34N8O3. The van der Waals surface area contributed by atoms with Gasteiger partial charge in [0.05, 0.1) is 18.7 Å². The molecule has 11 heteroatoms. The molecule has 0 spiro atoms. The predicted octanol–water partition coefficient (Wildman–Crippen LogP) is 4.69. The standard InChI is InChI=1S/C32H34N8O3/c1-34-20-24(19-33)23-8-13-27-28(18-23)37-29(38-30(27)40-14-16-43-17-15-40)21-4-9-25(10-5-21)35-32(42)36-26-11-6-22(7-12-26)31(41)39(2)3/h4-13,18-20,33-34H,14-17H2,1-3H3,(H2,35,36,42)/b24-20+,33-19?. The zero-order chi connectivity index (χ0) is 30.3. The third-order valence-corrected chi connectivity index (χ3v) is 6.97. The van der Waals surface area contributed by atoms with Crippen molar-refractivity contribution >= 4 is 51.8 Å². The van der Waals surface area contributed by atoms with E-state index >= 15 is 0 Å².